The van der Waals surface area contributed by atoms with Crippen LogP contribution in [0.5, 0.6) is 0 Å². The van der Waals surface area contributed by atoms with Crippen LogP contribution < -0.4 is 9.80 Å². The van der Waals surface area contributed by atoms with Crippen molar-refractivity contribution in [3.05, 3.63) is 71.1 Å². The number of aryl methyl sites for hydroxylation is 1. The number of methoxy groups -OCH3 is 1. The Morgan fingerprint density at radius 2 is 1.86 bits per heavy atom. The lowest BCUT2D eigenvalue weighted by Gasteiger charge is -2.35. The van der Waals surface area contributed by atoms with Gasteiger partial charge in [0, 0.05) is 61.4 Å². The molecule has 4 heterocycles. The predicted octanol–water partition coefficient (Wildman–Crippen LogP) is 3.38. The van der Waals surface area contributed by atoms with E-state index in [4.69, 9.17) is 4.74 Å². The summed E-state index contributed by atoms with van der Waals surface area (Å²) >= 11 is 0. The first-order valence-electron chi connectivity index (χ1n) is 12.0. The van der Waals surface area contributed by atoms with Gasteiger partial charge >= 0.3 is 6.09 Å². The topological polar surface area (TPSA) is 99.6 Å². The lowest BCUT2D eigenvalue weighted by Crippen LogP contribution is -2.48. The second-order valence-electron chi connectivity index (χ2n) is 9.30. The molecule has 0 saturated carbocycles. The molecule has 0 bridgehead atoms. The molecule has 1 fully saturated rings. The number of H-pyrrole nitrogens is 1. The molecule has 0 radical (unpaired) electrons. The number of hydrogen-bond donors (Lipinski definition) is 1. The summed E-state index contributed by atoms with van der Waals surface area (Å²) in [6.45, 7) is 4.01. The average Bonchev–Trinajstić information content (AvgIpc) is 3.58. The van der Waals surface area contributed by atoms with Crippen LogP contribution in [0, 0.1) is 12.7 Å². The van der Waals surface area contributed by atoms with Gasteiger partial charge in [-0.15, -0.1) is 0 Å². The van der Waals surface area contributed by atoms with Crippen LogP contribution in [0.3, 0.4) is 0 Å². The van der Waals surface area contributed by atoms with Crippen molar-refractivity contribution in [2.24, 2.45) is 7.05 Å². The third kappa shape index (κ3) is 3.61. The Hall–Kier alpha value is -4.41. The molecule has 2 aliphatic heterocycles. The first kappa shape index (κ1) is 23.0. The number of benzene rings is 2. The number of anilines is 2. The number of amides is 2. The lowest BCUT2D eigenvalue weighted by molar-refractivity contribution is 0.0987. The molecule has 1 atom stereocenters. The van der Waals surface area contributed by atoms with Crippen molar-refractivity contribution in [2.75, 3.05) is 43.1 Å². The van der Waals surface area contributed by atoms with Gasteiger partial charge in [0.15, 0.2) is 5.69 Å². The van der Waals surface area contributed by atoms with Gasteiger partial charge in [-0.2, -0.15) is 5.10 Å². The van der Waals surface area contributed by atoms with E-state index in [1.807, 2.05) is 36.1 Å². The number of ether oxygens (including phenoxy) is 1. The van der Waals surface area contributed by atoms with E-state index in [0.717, 1.165) is 16.9 Å². The molecular formula is C26H26FN7O3. The summed E-state index contributed by atoms with van der Waals surface area (Å²) < 4.78 is 22.3. The number of imidazole rings is 1. The van der Waals surface area contributed by atoms with E-state index in [0.29, 0.717) is 54.2 Å². The number of rotatable bonds is 3. The first-order chi connectivity index (χ1) is 17.9. The smallest absolute Gasteiger partial charge is 0.409 e. The van der Waals surface area contributed by atoms with Crippen molar-refractivity contribution in [3.63, 3.8) is 0 Å². The van der Waals surface area contributed by atoms with E-state index < -0.39 is 11.9 Å². The maximum absolute atomic E-state index is 15.9. The minimum absolute atomic E-state index is 0.277. The highest BCUT2D eigenvalue weighted by molar-refractivity contribution is 6.11. The Morgan fingerprint density at radius 1 is 1.11 bits per heavy atom. The Labute approximate surface area is 212 Å². The number of aromatic amines is 1. The molecule has 190 valence electrons. The van der Waals surface area contributed by atoms with Gasteiger partial charge < -0.3 is 19.5 Å². The zero-order chi connectivity index (χ0) is 25.8. The van der Waals surface area contributed by atoms with Crippen LogP contribution in [-0.4, -0.2) is 69.9 Å². The van der Waals surface area contributed by atoms with Gasteiger partial charge in [-0.1, -0.05) is 6.07 Å². The maximum atomic E-state index is 15.9. The summed E-state index contributed by atoms with van der Waals surface area (Å²) in [7, 11) is 3.15. The van der Waals surface area contributed by atoms with E-state index >= 15 is 4.39 Å². The maximum Gasteiger partial charge on any atom is 0.409 e. The minimum Gasteiger partial charge on any atom is -0.453 e. The molecule has 6 rings (SSSR count). The summed E-state index contributed by atoms with van der Waals surface area (Å²) in [6.07, 6.45) is 1.24. The van der Waals surface area contributed by atoms with E-state index in [-0.39, 0.29) is 12.0 Å². The fourth-order valence-electron chi connectivity index (χ4n) is 5.31. The highest BCUT2D eigenvalue weighted by atomic mass is 19.1. The first-order valence-corrected chi connectivity index (χ1v) is 12.0. The van der Waals surface area contributed by atoms with Crippen LogP contribution in [0.2, 0.25) is 0 Å². The number of nitrogens with zero attached hydrogens (tertiary/aromatic N) is 6. The second-order valence-corrected chi connectivity index (χ2v) is 9.30. The van der Waals surface area contributed by atoms with Gasteiger partial charge in [0.25, 0.3) is 5.91 Å². The summed E-state index contributed by atoms with van der Waals surface area (Å²) in [4.78, 5) is 38.0. The molecule has 2 aromatic heterocycles. The van der Waals surface area contributed by atoms with Gasteiger partial charge in [0.05, 0.1) is 30.5 Å². The third-order valence-electron chi connectivity index (χ3n) is 7.37. The fourth-order valence-corrected chi connectivity index (χ4v) is 5.31. The highest BCUT2D eigenvalue weighted by Crippen LogP contribution is 2.44. The third-order valence-corrected chi connectivity index (χ3v) is 7.37. The summed E-state index contributed by atoms with van der Waals surface area (Å²) in [5.41, 5.74) is 5.14. The molecule has 11 heteroatoms. The molecule has 2 aromatic carbocycles. The summed E-state index contributed by atoms with van der Waals surface area (Å²) in [6, 6.07) is 9.97. The van der Waals surface area contributed by atoms with Gasteiger partial charge in [0.1, 0.15) is 5.82 Å². The quantitative estimate of drug-likeness (QED) is 0.460. The molecule has 37 heavy (non-hydrogen) atoms. The molecule has 0 spiro atoms. The van der Waals surface area contributed by atoms with Crippen molar-refractivity contribution in [1.82, 2.24) is 24.6 Å². The molecule has 4 aromatic rings. The van der Waals surface area contributed by atoms with Crippen LogP contribution in [0.25, 0.3) is 11.0 Å². The Balaban J connectivity index is 1.38. The zero-order valence-corrected chi connectivity index (χ0v) is 20.7. The van der Waals surface area contributed by atoms with E-state index in [1.54, 1.807) is 33.9 Å². The molecule has 1 saturated heterocycles. The largest absolute Gasteiger partial charge is 0.453 e. The number of carbonyl (C=O) groups is 2. The zero-order valence-electron chi connectivity index (χ0n) is 20.7. The van der Waals surface area contributed by atoms with Gasteiger partial charge in [-0.25, -0.2) is 14.2 Å². The Kier molecular flexibility index (Phi) is 5.36. The fraction of sp³-hybridized carbons (Fsp3) is 0.308. The minimum atomic E-state index is -0.669. The van der Waals surface area contributed by atoms with Crippen molar-refractivity contribution in [1.29, 1.82) is 0 Å². The predicted molar refractivity (Wildman–Crippen MR) is 135 cm³/mol. The van der Waals surface area contributed by atoms with E-state index in [2.05, 4.69) is 15.1 Å². The number of aromatic nitrogens is 4. The van der Waals surface area contributed by atoms with E-state index in [9.17, 15) is 9.59 Å². The van der Waals surface area contributed by atoms with Crippen LogP contribution >= 0.6 is 0 Å². The molecular weight excluding hydrogens is 477 g/mol. The number of hydrogen-bond acceptors (Lipinski definition) is 6. The van der Waals surface area contributed by atoms with Crippen LogP contribution in [-0.2, 0) is 11.8 Å². The van der Waals surface area contributed by atoms with Crippen molar-refractivity contribution in [2.45, 2.75) is 13.0 Å². The van der Waals surface area contributed by atoms with Crippen molar-refractivity contribution >= 4 is 34.4 Å². The summed E-state index contributed by atoms with van der Waals surface area (Å²) in [5, 5.41) is 4.46. The van der Waals surface area contributed by atoms with Gasteiger partial charge in [0.2, 0.25) is 0 Å². The molecule has 1 unspecified atom stereocenters. The Morgan fingerprint density at radius 3 is 2.59 bits per heavy atom. The highest BCUT2D eigenvalue weighted by Gasteiger charge is 2.44. The molecule has 1 N–H and O–H groups in total. The van der Waals surface area contributed by atoms with E-state index in [1.165, 1.54) is 13.2 Å². The monoisotopic (exact) mass is 503 g/mol. The standard InChI is InChI=1S/C26H26FN7O3/c1-15-22-23(30-31(15)2)25(35)34(17-5-7-20-21(13-17)29-14-28-20)24(22)18-6-4-16(12-19(18)27)32-8-10-33(11-9-32)26(36)37-3/h4-7,12-14,24H,8-11H2,1-3H3,(H,28,29). The van der Waals surface area contributed by atoms with Crippen LogP contribution in [0.15, 0.2) is 42.7 Å². The average molecular weight is 504 g/mol. The van der Waals surface area contributed by atoms with Gasteiger partial charge in [-0.05, 0) is 37.3 Å². The number of halogens is 1. The molecule has 2 aliphatic rings. The normalized spacial score (nSPS) is 17.6. The van der Waals surface area contributed by atoms with Crippen LogP contribution in [0.4, 0.5) is 20.6 Å². The SMILES string of the molecule is COC(=O)N1CCN(c2ccc(C3c4c(nn(C)c4C)C(=O)N3c3ccc4[nH]cnc4c3)c(F)c2)CC1. The summed E-state index contributed by atoms with van der Waals surface area (Å²) in [5.74, 6) is -0.686. The number of fused-ring (bicyclic) bond motifs is 2. The number of carbonyl (C=O) groups excluding carboxylic acids is 2. The second kappa shape index (κ2) is 8.61. The number of nitrogens with one attached hydrogen (secondary N) is 1. The van der Waals surface area contributed by atoms with Crippen molar-refractivity contribution < 1.29 is 18.7 Å². The van der Waals surface area contributed by atoms with Crippen LogP contribution in [0.1, 0.15) is 33.4 Å². The molecule has 0 aliphatic carbocycles. The lowest BCUT2D eigenvalue weighted by atomic mass is 9.97. The van der Waals surface area contributed by atoms with Gasteiger partial charge in [-0.3, -0.25) is 14.4 Å². The molecule has 2 amide bonds. The van der Waals surface area contributed by atoms with Crippen molar-refractivity contribution in [3.8, 4) is 0 Å². The number of piperazine rings is 1. The Bertz CT molecular complexity index is 1540. The molecule has 10 nitrogen and oxygen atoms in total.